The van der Waals surface area contributed by atoms with Crippen molar-refractivity contribution in [2.24, 2.45) is 5.92 Å². The molecule has 0 aromatic carbocycles. The van der Waals surface area contributed by atoms with Gasteiger partial charge in [0, 0.05) is 30.0 Å². The van der Waals surface area contributed by atoms with Gasteiger partial charge in [-0.25, -0.2) is 23.1 Å². The first-order chi connectivity index (χ1) is 12.7. The minimum atomic E-state index is -3.32. The highest BCUT2D eigenvalue weighted by molar-refractivity contribution is 7.88. The summed E-state index contributed by atoms with van der Waals surface area (Å²) in [6, 6.07) is 1.59. The van der Waals surface area contributed by atoms with Gasteiger partial charge in [0.25, 0.3) is 0 Å². The van der Waals surface area contributed by atoms with Crippen molar-refractivity contribution in [1.29, 1.82) is 0 Å². The van der Waals surface area contributed by atoms with E-state index >= 15 is 0 Å². The molecule has 0 aliphatic heterocycles. The van der Waals surface area contributed by atoms with E-state index in [1.54, 1.807) is 0 Å². The second-order valence-corrected chi connectivity index (χ2v) is 8.98. The summed E-state index contributed by atoms with van der Waals surface area (Å²) in [4.78, 5) is 21.3. The maximum atomic E-state index is 12.6. The Labute approximate surface area is 161 Å². The number of nitrogens with zero attached hydrogens (tertiary/aromatic N) is 2. The second-order valence-electron chi connectivity index (χ2n) is 7.20. The number of carbonyl (C=O) groups excluding carboxylic acids is 1. The molecule has 27 heavy (non-hydrogen) atoms. The molecule has 2 N–H and O–H groups in total. The van der Waals surface area contributed by atoms with Crippen molar-refractivity contribution in [3.63, 3.8) is 0 Å². The Kier molecular flexibility index (Phi) is 7.69. The van der Waals surface area contributed by atoms with Crippen LogP contribution in [0.3, 0.4) is 0 Å². The van der Waals surface area contributed by atoms with E-state index in [0.717, 1.165) is 24.1 Å². The summed E-state index contributed by atoms with van der Waals surface area (Å²) >= 11 is 0. The lowest BCUT2D eigenvalue weighted by atomic mass is 9.83. The summed E-state index contributed by atoms with van der Waals surface area (Å²) in [5.41, 5.74) is 1.74. The van der Waals surface area contributed by atoms with Crippen LogP contribution in [0.1, 0.15) is 49.8 Å². The van der Waals surface area contributed by atoms with Gasteiger partial charge < -0.3 is 10.1 Å². The van der Waals surface area contributed by atoms with E-state index < -0.39 is 10.0 Å². The molecule has 1 amide bonds. The topological polar surface area (TPSA) is 110 Å². The fraction of sp³-hybridized carbons (Fsp3) is 0.722. The molecule has 1 aliphatic carbocycles. The van der Waals surface area contributed by atoms with Gasteiger partial charge in [0.1, 0.15) is 5.82 Å². The highest BCUT2D eigenvalue weighted by atomic mass is 32.2. The molecule has 0 unspecified atom stereocenters. The Balaban J connectivity index is 1.96. The molecule has 1 aromatic rings. The summed E-state index contributed by atoms with van der Waals surface area (Å²) in [7, 11) is -3.32. The van der Waals surface area contributed by atoms with Crippen LogP contribution in [0.5, 0.6) is 0 Å². The maximum Gasteiger partial charge on any atom is 0.223 e. The molecule has 0 radical (unpaired) electrons. The average Bonchev–Trinajstić information content (AvgIpc) is 2.56. The number of amides is 1. The van der Waals surface area contributed by atoms with E-state index in [1.807, 2.05) is 26.8 Å². The van der Waals surface area contributed by atoms with Gasteiger partial charge in [-0.2, -0.15) is 0 Å². The van der Waals surface area contributed by atoms with Gasteiger partial charge >= 0.3 is 0 Å². The molecule has 1 aromatic heterocycles. The molecular formula is C18H30N4O4S. The summed E-state index contributed by atoms with van der Waals surface area (Å²) in [6.45, 7) is 6.61. The smallest absolute Gasteiger partial charge is 0.223 e. The second kappa shape index (κ2) is 9.57. The number of sulfonamides is 1. The van der Waals surface area contributed by atoms with Gasteiger partial charge in [-0.05, 0) is 45.6 Å². The molecule has 8 nitrogen and oxygen atoms in total. The van der Waals surface area contributed by atoms with Crippen molar-refractivity contribution < 1.29 is 17.9 Å². The lowest BCUT2D eigenvalue weighted by Crippen LogP contribution is -2.49. The predicted molar refractivity (Wildman–Crippen MR) is 102 cm³/mol. The molecule has 3 atom stereocenters. The highest BCUT2D eigenvalue weighted by Gasteiger charge is 2.35. The lowest BCUT2D eigenvalue weighted by molar-refractivity contribution is -0.128. The van der Waals surface area contributed by atoms with Gasteiger partial charge in [0.2, 0.25) is 15.9 Å². The highest BCUT2D eigenvalue weighted by Crippen LogP contribution is 2.27. The zero-order chi connectivity index (χ0) is 20.0. The molecule has 1 aliphatic rings. The number of aryl methyl sites for hydroxylation is 2. The molecule has 1 heterocycles. The maximum absolute atomic E-state index is 12.6. The fourth-order valence-corrected chi connectivity index (χ4v) is 4.24. The molecule has 0 spiro atoms. The Morgan fingerprint density at radius 1 is 1.26 bits per heavy atom. The average molecular weight is 399 g/mol. The van der Waals surface area contributed by atoms with E-state index in [0.29, 0.717) is 31.7 Å². The van der Waals surface area contributed by atoms with Crippen LogP contribution in [-0.4, -0.2) is 49.3 Å². The van der Waals surface area contributed by atoms with Gasteiger partial charge in [-0.1, -0.05) is 6.92 Å². The molecule has 1 saturated carbocycles. The lowest BCUT2D eigenvalue weighted by Gasteiger charge is -2.35. The van der Waals surface area contributed by atoms with E-state index in [4.69, 9.17) is 4.74 Å². The molecule has 2 rings (SSSR count). The third-order valence-corrected chi connectivity index (χ3v) is 5.24. The number of rotatable bonds is 8. The van der Waals surface area contributed by atoms with E-state index in [2.05, 4.69) is 20.0 Å². The Hall–Kier alpha value is -1.58. The first kappa shape index (κ1) is 21.7. The Morgan fingerprint density at radius 2 is 1.93 bits per heavy atom. The van der Waals surface area contributed by atoms with Gasteiger partial charge in [0.05, 0.1) is 18.9 Å². The Bertz CT molecular complexity index is 733. The van der Waals surface area contributed by atoms with Crippen molar-refractivity contribution in [3.05, 3.63) is 23.3 Å². The van der Waals surface area contributed by atoms with Crippen LogP contribution in [0.2, 0.25) is 0 Å². The van der Waals surface area contributed by atoms with E-state index in [1.165, 1.54) is 0 Å². The standard InChI is InChI=1S/C18H30N4O4S/c1-5-8-26-16-10-14(6-7-15(16)22-27(4,24)25)18(23)19-11-17-20-12(2)9-13(3)21-17/h9,14-16,22H,5-8,10-11H2,1-4H3,(H,19,23)/t14-,15-,16-/m0/s1. The minimum Gasteiger partial charge on any atom is -0.377 e. The molecular weight excluding hydrogens is 368 g/mol. The number of hydrogen-bond donors (Lipinski definition) is 2. The first-order valence-corrected chi connectivity index (χ1v) is 11.2. The third-order valence-electron chi connectivity index (χ3n) is 4.51. The van der Waals surface area contributed by atoms with Crippen molar-refractivity contribution in [2.45, 2.75) is 65.1 Å². The fourth-order valence-electron chi connectivity index (χ4n) is 3.42. The van der Waals surface area contributed by atoms with Crippen LogP contribution in [0.15, 0.2) is 6.07 Å². The van der Waals surface area contributed by atoms with Gasteiger partial charge in [-0.3, -0.25) is 4.79 Å². The van der Waals surface area contributed by atoms with Crippen molar-refractivity contribution in [2.75, 3.05) is 12.9 Å². The van der Waals surface area contributed by atoms with Gasteiger partial charge in [-0.15, -0.1) is 0 Å². The van der Waals surface area contributed by atoms with Crippen molar-refractivity contribution in [3.8, 4) is 0 Å². The van der Waals surface area contributed by atoms with Crippen LogP contribution in [0.25, 0.3) is 0 Å². The van der Waals surface area contributed by atoms with Crippen molar-refractivity contribution >= 4 is 15.9 Å². The number of nitrogens with one attached hydrogen (secondary N) is 2. The number of ether oxygens (including phenoxy) is 1. The number of hydrogen-bond acceptors (Lipinski definition) is 6. The number of carbonyl (C=O) groups is 1. The SMILES string of the molecule is CCCO[C@H]1C[C@@H](C(=O)NCc2nc(C)cc(C)n2)CC[C@@H]1NS(C)(=O)=O. The Morgan fingerprint density at radius 3 is 2.52 bits per heavy atom. The minimum absolute atomic E-state index is 0.0688. The summed E-state index contributed by atoms with van der Waals surface area (Å²) < 4.78 is 31.7. The molecule has 0 bridgehead atoms. The van der Waals surface area contributed by atoms with Gasteiger partial charge in [0.15, 0.2) is 0 Å². The zero-order valence-corrected chi connectivity index (χ0v) is 17.3. The normalized spacial score (nSPS) is 23.2. The predicted octanol–water partition coefficient (Wildman–Crippen LogP) is 1.22. The molecule has 0 saturated heterocycles. The van der Waals surface area contributed by atoms with Crippen LogP contribution in [0.4, 0.5) is 0 Å². The summed E-state index contributed by atoms with van der Waals surface area (Å²) in [5.74, 6) is 0.308. The molecule has 1 fully saturated rings. The third kappa shape index (κ3) is 7.15. The molecule has 152 valence electrons. The van der Waals surface area contributed by atoms with E-state index in [9.17, 15) is 13.2 Å². The van der Waals surface area contributed by atoms with Crippen molar-refractivity contribution in [1.82, 2.24) is 20.0 Å². The monoisotopic (exact) mass is 398 g/mol. The van der Waals surface area contributed by atoms with E-state index in [-0.39, 0.29) is 30.5 Å². The van der Waals surface area contributed by atoms with Crippen LogP contribution in [-0.2, 0) is 26.1 Å². The quantitative estimate of drug-likeness (QED) is 0.681. The van der Waals surface area contributed by atoms with Crippen LogP contribution < -0.4 is 10.0 Å². The van der Waals surface area contributed by atoms with Crippen LogP contribution in [0, 0.1) is 19.8 Å². The number of aromatic nitrogens is 2. The zero-order valence-electron chi connectivity index (χ0n) is 16.5. The first-order valence-electron chi connectivity index (χ1n) is 9.35. The summed E-state index contributed by atoms with van der Waals surface area (Å²) in [5, 5.41) is 2.90. The largest absolute Gasteiger partial charge is 0.377 e. The van der Waals surface area contributed by atoms with Crippen LogP contribution >= 0.6 is 0 Å². The molecule has 9 heteroatoms. The summed E-state index contributed by atoms with van der Waals surface area (Å²) in [6.07, 6.45) is 3.35.